The van der Waals surface area contributed by atoms with E-state index in [-0.39, 0.29) is 24.2 Å². The molecule has 3 rings (SSSR count). The number of urea groups is 1. The molecule has 1 aliphatic heterocycles. The minimum Gasteiger partial charge on any atom is -0.393 e. The van der Waals surface area contributed by atoms with Crippen molar-refractivity contribution in [3.05, 3.63) is 35.9 Å². The Labute approximate surface area is 144 Å². The standard InChI is InChI=1S/C19H29N3O2/c23-18-10-8-16(9-11-18)20-19(24)21-17-7-4-12-22(14-17)13-15-5-2-1-3-6-15/h1-3,5-6,16-18,23H,4,7-14H2,(H2,20,21,24). The highest BCUT2D eigenvalue weighted by Crippen LogP contribution is 2.18. The molecule has 0 bridgehead atoms. The van der Waals surface area contributed by atoms with Crippen molar-refractivity contribution in [1.82, 2.24) is 15.5 Å². The number of piperidine rings is 1. The molecule has 2 fully saturated rings. The summed E-state index contributed by atoms with van der Waals surface area (Å²) >= 11 is 0. The van der Waals surface area contributed by atoms with Gasteiger partial charge in [-0.1, -0.05) is 30.3 Å². The number of hydrogen-bond acceptors (Lipinski definition) is 3. The number of carbonyl (C=O) groups is 1. The van der Waals surface area contributed by atoms with Crippen molar-refractivity contribution >= 4 is 6.03 Å². The lowest BCUT2D eigenvalue weighted by molar-refractivity contribution is 0.117. The van der Waals surface area contributed by atoms with Crippen LogP contribution in [0.3, 0.4) is 0 Å². The Morgan fingerprint density at radius 3 is 2.50 bits per heavy atom. The lowest BCUT2D eigenvalue weighted by Crippen LogP contribution is -2.52. The molecule has 1 unspecified atom stereocenters. The lowest BCUT2D eigenvalue weighted by atomic mass is 9.93. The van der Waals surface area contributed by atoms with Crippen molar-refractivity contribution in [3.63, 3.8) is 0 Å². The van der Waals surface area contributed by atoms with Gasteiger partial charge in [-0.05, 0) is 50.6 Å². The summed E-state index contributed by atoms with van der Waals surface area (Å²) in [6.07, 6.45) is 5.31. The molecular weight excluding hydrogens is 302 g/mol. The van der Waals surface area contributed by atoms with Crippen LogP contribution in [0.2, 0.25) is 0 Å². The van der Waals surface area contributed by atoms with Gasteiger partial charge in [0.2, 0.25) is 0 Å². The Kier molecular flexibility index (Phi) is 6.10. The van der Waals surface area contributed by atoms with Crippen LogP contribution in [0.25, 0.3) is 0 Å². The highest BCUT2D eigenvalue weighted by atomic mass is 16.3. The average molecular weight is 331 g/mol. The van der Waals surface area contributed by atoms with Gasteiger partial charge >= 0.3 is 6.03 Å². The van der Waals surface area contributed by atoms with Crippen LogP contribution in [0.5, 0.6) is 0 Å². The molecular formula is C19H29N3O2. The highest BCUT2D eigenvalue weighted by Gasteiger charge is 2.24. The van der Waals surface area contributed by atoms with Gasteiger partial charge in [-0.3, -0.25) is 4.90 Å². The van der Waals surface area contributed by atoms with E-state index in [9.17, 15) is 9.90 Å². The van der Waals surface area contributed by atoms with Gasteiger partial charge in [0, 0.05) is 25.2 Å². The first-order chi connectivity index (χ1) is 11.7. The zero-order valence-corrected chi connectivity index (χ0v) is 14.3. The fraction of sp³-hybridized carbons (Fsp3) is 0.632. The molecule has 1 saturated heterocycles. The van der Waals surface area contributed by atoms with Crippen molar-refractivity contribution in [2.45, 2.75) is 63.3 Å². The number of nitrogens with one attached hydrogen (secondary N) is 2. The van der Waals surface area contributed by atoms with Gasteiger partial charge in [-0.2, -0.15) is 0 Å². The summed E-state index contributed by atoms with van der Waals surface area (Å²) in [5.41, 5.74) is 1.32. The molecule has 1 saturated carbocycles. The summed E-state index contributed by atoms with van der Waals surface area (Å²) in [5.74, 6) is 0. The Hall–Kier alpha value is -1.59. The third-order valence-corrected chi connectivity index (χ3v) is 5.12. The summed E-state index contributed by atoms with van der Waals surface area (Å²) in [6.45, 7) is 2.95. The molecule has 132 valence electrons. The normalized spacial score (nSPS) is 28.3. The van der Waals surface area contributed by atoms with E-state index in [2.05, 4.69) is 39.8 Å². The molecule has 1 aliphatic carbocycles. The van der Waals surface area contributed by atoms with Gasteiger partial charge in [0.05, 0.1) is 6.10 Å². The minimum atomic E-state index is -0.184. The maximum Gasteiger partial charge on any atom is 0.315 e. The molecule has 1 aromatic carbocycles. The first-order valence-corrected chi connectivity index (χ1v) is 9.20. The van der Waals surface area contributed by atoms with E-state index in [1.165, 1.54) is 5.56 Å². The van der Waals surface area contributed by atoms with Crippen LogP contribution in [0.15, 0.2) is 30.3 Å². The SMILES string of the molecule is O=C(NC1CCC(O)CC1)NC1CCCN(Cc2ccccc2)C1. The van der Waals surface area contributed by atoms with E-state index in [4.69, 9.17) is 0 Å². The number of nitrogens with zero attached hydrogens (tertiary/aromatic N) is 1. The quantitative estimate of drug-likeness (QED) is 0.793. The molecule has 1 atom stereocenters. The molecule has 2 aliphatic rings. The van der Waals surface area contributed by atoms with Crippen molar-refractivity contribution in [1.29, 1.82) is 0 Å². The highest BCUT2D eigenvalue weighted by molar-refractivity contribution is 5.74. The maximum absolute atomic E-state index is 12.2. The molecule has 2 amide bonds. The number of rotatable bonds is 4. The number of aliphatic hydroxyl groups excluding tert-OH is 1. The van der Waals surface area contributed by atoms with Crippen LogP contribution in [0, 0.1) is 0 Å². The number of hydrogen-bond donors (Lipinski definition) is 3. The van der Waals surface area contributed by atoms with Crippen molar-refractivity contribution in [3.8, 4) is 0 Å². The summed E-state index contributed by atoms with van der Waals surface area (Å²) in [7, 11) is 0. The molecule has 24 heavy (non-hydrogen) atoms. The topological polar surface area (TPSA) is 64.6 Å². The van der Waals surface area contributed by atoms with Crippen molar-refractivity contribution in [2.75, 3.05) is 13.1 Å². The van der Waals surface area contributed by atoms with E-state index in [1.807, 2.05) is 6.07 Å². The number of benzene rings is 1. The van der Waals surface area contributed by atoms with Crippen LogP contribution in [0.1, 0.15) is 44.1 Å². The first-order valence-electron chi connectivity index (χ1n) is 9.20. The second-order valence-electron chi connectivity index (χ2n) is 7.18. The lowest BCUT2D eigenvalue weighted by Gasteiger charge is -2.34. The third kappa shape index (κ3) is 5.21. The second-order valence-corrected chi connectivity index (χ2v) is 7.18. The monoisotopic (exact) mass is 331 g/mol. The summed E-state index contributed by atoms with van der Waals surface area (Å²) in [4.78, 5) is 14.6. The zero-order chi connectivity index (χ0) is 16.8. The van der Waals surface area contributed by atoms with E-state index >= 15 is 0 Å². The molecule has 3 N–H and O–H groups in total. The second kappa shape index (κ2) is 8.49. The predicted molar refractivity (Wildman–Crippen MR) is 94.7 cm³/mol. The Morgan fingerprint density at radius 1 is 1.04 bits per heavy atom. The van der Waals surface area contributed by atoms with Gasteiger partial charge in [0.25, 0.3) is 0 Å². The van der Waals surface area contributed by atoms with Crippen LogP contribution < -0.4 is 10.6 Å². The molecule has 5 nitrogen and oxygen atoms in total. The van der Waals surface area contributed by atoms with Gasteiger partial charge in [0.1, 0.15) is 0 Å². The zero-order valence-electron chi connectivity index (χ0n) is 14.3. The molecule has 5 heteroatoms. The van der Waals surface area contributed by atoms with E-state index in [1.54, 1.807) is 0 Å². The van der Waals surface area contributed by atoms with E-state index in [0.29, 0.717) is 0 Å². The van der Waals surface area contributed by atoms with Crippen LogP contribution in [-0.2, 0) is 6.54 Å². The summed E-state index contributed by atoms with van der Waals surface area (Å²) in [6, 6.07) is 10.9. The van der Waals surface area contributed by atoms with Crippen molar-refractivity contribution < 1.29 is 9.90 Å². The van der Waals surface area contributed by atoms with Crippen molar-refractivity contribution in [2.24, 2.45) is 0 Å². The average Bonchev–Trinajstić information content (AvgIpc) is 2.58. The van der Waals surface area contributed by atoms with Gasteiger partial charge in [0.15, 0.2) is 0 Å². The third-order valence-electron chi connectivity index (χ3n) is 5.12. The Bertz CT molecular complexity index is 515. The molecule has 0 aromatic heterocycles. The fourth-order valence-corrected chi connectivity index (χ4v) is 3.79. The van der Waals surface area contributed by atoms with Gasteiger partial charge < -0.3 is 15.7 Å². The summed E-state index contributed by atoms with van der Waals surface area (Å²) < 4.78 is 0. The number of carbonyl (C=O) groups excluding carboxylic acids is 1. The number of likely N-dealkylation sites (tertiary alicyclic amines) is 1. The first kappa shape index (κ1) is 17.2. The largest absolute Gasteiger partial charge is 0.393 e. The molecule has 0 spiro atoms. The van der Waals surface area contributed by atoms with Crippen LogP contribution >= 0.6 is 0 Å². The molecule has 1 heterocycles. The smallest absolute Gasteiger partial charge is 0.315 e. The molecule has 1 aromatic rings. The number of amides is 2. The van der Waals surface area contributed by atoms with E-state index in [0.717, 1.165) is 58.2 Å². The van der Waals surface area contributed by atoms with Crippen LogP contribution in [-0.4, -0.2) is 47.3 Å². The summed E-state index contributed by atoms with van der Waals surface area (Å²) in [5, 5.41) is 15.7. The number of aliphatic hydroxyl groups is 1. The van der Waals surface area contributed by atoms with Gasteiger partial charge in [-0.15, -0.1) is 0 Å². The fourth-order valence-electron chi connectivity index (χ4n) is 3.79. The van der Waals surface area contributed by atoms with Crippen LogP contribution in [0.4, 0.5) is 4.79 Å². The predicted octanol–water partition coefficient (Wildman–Crippen LogP) is 2.25. The maximum atomic E-state index is 12.2. The minimum absolute atomic E-state index is 0.0528. The Morgan fingerprint density at radius 2 is 1.75 bits per heavy atom. The Balaban J connectivity index is 1.42. The molecule has 0 radical (unpaired) electrons. The van der Waals surface area contributed by atoms with Gasteiger partial charge in [-0.25, -0.2) is 4.79 Å². The van der Waals surface area contributed by atoms with E-state index < -0.39 is 0 Å².